The lowest BCUT2D eigenvalue weighted by Gasteiger charge is -2.35. The van der Waals surface area contributed by atoms with E-state index in [1.807, 2.05) is 60.7 Å². The summed E-state index contributed by atoms with van der Waals surface area (Å²) in [6.45, 7) is 3.47. The van der Waals surface area contributed by atoms with E-state index in [0.29, 0.717) is 36.8 Å². The minimum atomic E-state index is -0.0792. The van der Waals surface area contributed by atoms with Gasteiger partial charge in [0.1, 0.15) is 0 Å². The Balaban J connectivity index is 1.55. The summed E-state index contributed by atoms with van der Waals surface area (Å²) in [4.78, 5) is 15.3. The summed E-state index contributed by atoms with van der Waals surface area (Å²) in [7, 11) is 3.26. The van der Waals surface area contributed by atoms with Gasteiger partial charge in [0.05, 0.1) is 33.5 Å². The van der Waals surface area contributed by atoms with Crippen molar-refractivity contribution in [2.75, 3.05) is 47.1 Å². The van der Waals surface area contributed by atoms with Crippen molar-refractivity contribution in [1.29, 1.82) is 0 Å². The highest BCUT2D eigenvalue weighted by Crippen LogP contribution is 2.32. The fourth-order valence-electron chi connectivity index (χ4n) is 4.03. The van der Waals surface area contributed by atoms with Crippen LogP contribution < -0.4 is 14.8 Å². The SMILES string of the molecule is COc1ccc([C@H](CNC(=O)c2ccc3ccccc3c2)N2CCOCC2)cc1OC. The highest BCUT2D eigenvalue weighted by atomic mass is 16.5. The van der Waals surface area contributed by atoms with Crippen molar-refractivity contribution in [2.24, 2.45) is 0 Å². The van der Waals surface area contributed by atoms with Crippen molar-refractivity contribution >= 4 is 16.7 Å². The van der Waals surface area contributed by atoms with Gasteiger partial charge >= 0.3 is 0 Å². The Bertz CT molecular complexity index is 1050. The molecule has 0 radical (unpaired) electrons. The molecule has 1 heterocycles. The number of ether oxygens (including phenoxy) is 3. The van der Waals surface area contributed by atoms with Crippen LogP contribution in [-0.4, -0.2) is 57.9 Å². The van der Waals surface area contributed by atoms with Crippen molar-refractivity contribution in [3.05, 3.63) is 71.8 Å². The molecular weight excluding hydrogens is 392 g/mol. The molecule has 4 rings (SSSR count). The fraction of sp³-hybridized carbons (Fsp3) is 0.320. The summed E-state index contributed by atoms with van der Waals surface area (Å²) in [5, 5.41) is 5.31. The molecule has 3 aromatic rings. The molecule has 1 saturated heterocycles. The second-order valence-corrected chi connectivity index (χ2v) is 7.55. The van der Waals surface area contributed by atoms with E-state index >= 15 is 0 Å². The predicted molar refractivity (Wildman–Crippen MR) is 121 cm³/mol. The Morgan fingerprint density at radius 2 is 1.71 bits per heavy atom. The van der Waals surface area contributed by atoms with Gasteiger partial charge in [0, 0.05) is 25.2 Å². The number of amides is 1. The van der Waals surface area contributed by atoms with Crippen LogP contribution in [0.2, 0.25) is 0 Å². The largest absolute Gasteiger partial charge is 0.493 e. The summed E-state index contributed by atoms with van der Waals surface area (Å²) < 4.78 is 16.4. The second kappa shape index (κ2) is 9.81. The number of fused-ring (bicyclic) bond motifs is 1. The Hall–Kier alpha value is -3.09. The first kappa shape index (κ1) is 21.2. The van der Waals surface area contributed by atoms with Gasteiger partial charge in [-0.2, -0.15) is 0 Å². The van der Waals surface area contributed by atoms with Crippen molar-refractivity contribution < 1.29 is 19.0 Å². The average molecular weight is 421 g/mol. The van der Waals surface area contributed by atoms with Crippen LogP contribution in [0.15, 0.2) is 60.7 Å². The van der Waals surface area contributed by atoms with Crippen molar-refractivity contribution in [3.63, 3.8) is 0 Å². The number of methoxy groups -OCH3 is 2. The third-order valence-electron chi connectivity index (χ3n) is 5.75. The first-order valence-corrected chi connectivity index (χ1v) is 10.5. The molecule has 0 saturated carbocycles. The van der Waals surface area contributed by atoms with E-state index in [1.54, 1.807) is 14.2 Å². The lowest BCUT2D eigenvalue weighted by molar-refractivity contribution is 0.0162. The number of carbonyl (C=O) groups is 1. The van der Waals surface area contributed by atoms with Gasteiger partial charge < -0.3 is 19.5 Å². The number of hydrogen-bond acceptors (Lipinski definition) is 5. The minimum absolute atomic E-state index is 0.00751. The maximum absolute atomic E-state index is 12.9. The molecule has 31 heavy (non-hydrogen) atoms. The Morgan fingerprint density at radius 1 is 0.968 bits per heavy atom. The minimum Gasteiger partial charge on any atom is -0.493 e. The monoisotopic (exact) mass is 420 g/mol. The molecule has 1 amide bonds. The lowest BCUT2D eigenvalue weighted by atomic mass is 10.0. The van der Waals surface area contributed by atoms with Crippen LogP contribution >= 0.6 is 0 Å². The van der Waals surface area contributed by atoms with Gasteiger partial charge in [0.2, 0.25) is 0 Å². The van der Waals surface area contributed by atoms with Crippen LogP contribution in [0.25, 0.3) is 10.8 Å². The molecule has 6 nitrogen and oxygen atoms in total. The quantitative estimate of drug-likeness (QED) is 0.632. The number of nitrogens with one attached hydrogen (secondary N) is 1. The molecule has 1 aliphatic rings. The molecule has 1 N–H and O–H groups in total. The number of rotatable bonds is 7. The van der Waals surface area contributed by atoms with Crippen LogP contribution in [0.3, 0.4) is 0 Å². The van der Waals surface area contributed by atoms with Gasteiger partial charge in [0.25, 0.3) is 5.91 Å². The average Bonchev–Trinajstić information content (AvgIpc) is 2.84. The highest BCUT2D eigenvalue weighted by molar-refractivity contribution is 5.98. The maximum Gasteiger partial charge on any atom is 0.251 e. The Kier molecular flexibility index (Phi) is 6.70. The van der Waals surface area contributed by atoms with Crippen LogP contribution in [0.4, 0.5) is 0 Å². The van der Waals surface area contributed by atoms with Gasteiger partial charge in [-0.15, -0.1) is 0 Å². The summed E-state index contributed by atoms with van der Waals surface area (Å²) >= 11 is 0. The van der Waals surface area contributed by atoms with E-state index in [9.17, 15) is 4.79 Å². The van der Waals surface area contributed by atoms with Crippen LogP contribution in [0.5, 0.6) is 11.5 Å². The fourth-order valence-corrected chi connectivity index (χ4v) is 4.03. The summed E-state index contributed by atoms with van der Waals surface area (Å²) in [6, 6.07) is 19.8. The standard InChI is InChI=1S/C25H28N2O4/c1-29-23-10-9-20(16-24(23)30-2)22(27-11-13-31-14-12-27)17-26-25(28)21-8-7-18-5-3-4-6-19(18)15-21/h3-10,15-16,22H,11-14,17H2,1-2H3,(H,26,28)/t22-/m0/s1. The number of benzene rings is 3. The molecule has 1 aliphatic heterocycles. The van der Waals surface area contributed by atoms with E-state index in [-0.39, 0.29) is 11.9 Å². The van der Waals surface area contributed by atoms with Crippen molar-refractivity contribution in [2.45, 2.75) is 6.04 Å². The van der Waals surface area contributed by atoms with Crippen molar-refractivity contribution in [3.8, 4) is 11.5 Å². The van der Waals surface area contributed by atoms with Gasteiger partial charge in [0.15, 0.2) is 11.5 Å². The second-order valence-electron chi connectivity index (χ2n) is 7.55. The third-order valence-corrected chi connectivity index (χ3v) is 5.75. The van der Waals surface area contributed by atoms with Crippen LogP contribution in [-0.2, 0) is 4.74 Å². The molecular formula is C25H28N2O4. The lowest BCUT2D eigenvalue weighted by Crippen LogP contribution is -2.43. The molecule has 0 aromatic heterocycles. The normalized spacial score (nSPS) is 15.4. The first-order valence-electron chi connectivity index (χ1n) is 10.5. The van der Waals surface area contributed by atoms with Gasteiger partial charge in [-0.3, -0.25) is 9.69 Å². The van der Waals surface area contributed by atoms with Crippen molar-refractivity contribution in [1.82, 2.24) is 10.2 Å². The van der Waals surface area contributed by atoms with E-state index in [0.717, 1.165) is 29.4 Å². The van der Waals surface area contributed by atoms with Gasteiger partial charge in [-0.1, -0.05) is 36.4 Å². The molecule has 162 valence electrons. The topological polar surface area (TPSA) is 60.0 Å². The number of carbonyl (C=O) groups excluding carboxylic acids is 1. The van der Waals surface area contributed by atoms with E-state index in [1.165, 1.54) is 0 Å². The molecule has 3 aromatic carbocycles. The zero-order valence-corrected chi connectivity index (χ0v) is 18.0. The van der Waals surface area contributed by atoms with E-state index in [2.05, 4.69) is 10.2 Å². The number of hydrogen-bond donors (Lipinski definition) is 1. The maximum atomic E-state index is 12.9. The first-order chi connectivity index (χ1) is 15.2. The molecule has 0 aliphatic carbocycles. The molecule has 0 spiro atoms. The van der Waals surface area contributed by atoms with E-state index < -0.39 is 0 Å². The summed E-state index contributed by atoms with van der Waals surface area (Å²) in [6.07, 6.45) is 0. The highest BCUT2D eigenvalue weighted by Gasteiger charge is 2.24. The summed E-state index contributed by atoms with van der Waals surface area (Å²) in [5.74, 6) is 1.29. The smallest absolute Gasteiger partial charge is 0.251 e. The molecule has 0 unspecified atom stereocenters. The zero-order valence-electron chi connectivity index (χ0n) is 18.0. The molecule has 0 bridgehead atoms. The predicted octanol–water partition coefficient (Wildman–Crippen LogP) is 3.66. The Morgan fingerprint density at radius 3 is 2.45 bits per heavy atom. The van der Waals surface area contributed by atoms with Crippen LogP contribution in [0.1, 0.15) is 22.0 Å². The number of morpholine rings is 1. The molecule has 6 heteroatoms. The molecule has 1 fully saturated rings. The zero-order chi connectivity index (χ0) is 21.6. The van der Waals surface area contributed by atoms with Crippen LogP contribution in [0, 0.1) is 0 Å². The van der Waals surface area contributed by atoms with E-state index in [4.69, 9.17) is 14.2 Å². The van der Waals surface area contributed by atoms with Gasteiger partial charge in [-0.05, 0) is 40.6 Å². The Labute approximate surface area is 182 Å². The molecule has 1 atom stereocenters. The summed E-state index contributed by atoms with van der Waals surface area (Å²) in [5.41, 5.74) is 1.73. The number of nitrogens with zero attached hydrogens (tertiary/aromatic N) is 1. The third kappa shape index (κ3) is 4.81. The van der Waals surface area contributed by atoms with Gasteiger partial charge in [-0.25, -0.2) is 0 Å².